The molecule has 1 atom stereocenters. The van der Waals surface area contributed by atoms with Gasteiger partial charge in [0.2, 0.25) is 0 Å². The Bertz CT molecular complexity index is 355. The van der Waals surface area contributed by atoms with Crippen LogP contribution in [0, 0.1) is 17.0 Å². The molecule has 16 heavy (non-hydrogen) atoms. The van der Waals surface area contributed by atoms with Gasteiger partial charge in [-0.3, -0.25) is 0 Å². The smallest absolute Gasteiger partial charge is 0.159 e. The fourth-order valence-corrected chi connectivity index (χ4v) is 3.00. The molecule has 1 aromatic carbocycles. The van der Waals surface area contributed by atoms with Crippen LogP contribution in [0.4, 0.5) is 8.78 Å². The fraction of sp³-hybridized carbons (Fsp3) is 0.538. The number of halogens is 3. The Kier molecular flexibility index (Phi) is 4.48. The van der Waals surface area contributed by atoms with E-state index in [1.165, 1.54) is 12.1 Å². The van der Waals surface area contributed by atoms with Gasteiger partial charge in [0.25, 0.3) is 0 Å². The Morgan fingerprint density at radius 2 is 1.81 bits per heavy atom. The van der Waals surface area contributed by atoms with Gasteiger partial charge in [0.15, 0.2) is 11.6 Å². The van der Waals surface area contributed by atoms with E-state index < -0.39 is 11.6 Å². The van der Waals surface area contributed by atoms with Gasteiger partial charge in [0, 0.05) is 4.83 Å². The van der Waals surface area contributed by atoms with Crippen LogP contribution < -0.4 is 0 Å². The summed E-state index contributed by atoms with van der Waals surface area (Å²) in [4.78, 5) is 0.289. The molecular formula is C13H17BrF2. The van der Waals surface area contributed by atoms with Gasteiger partial charge in [-0.15, -0.1) is 0 Å². The highest BCUT2D eigenvalue weighted by molar-refractivity contribution is 9.09. The normalized spacial score (nSPS) is 13.9. The maximum atomic E-state index is 13.0. The van der Waals surface area contributed by atoms with E-state index in [0.29, 0.717) is 6.42 Å². The van der Waals surface area contributed by atoms with Gasteiger partial charge >= 0.3 is 0 Å². The van der Waals surface area contributed by atoms with Crippen molar-refractivity contribution < 1.29 is 8.78 Å². The van der Waals surface area contributed by atoms with Crippen LogP contribution in [0.15, 0.2) is 18.2 Å². The third-order valence-electron chi connectivity index (χ3n) is 2.28. The summed E-state index contributed by atoms with van der Waals surface area (Å²) in [6.45, 7) is 6.48. The predicted molar refractivity (Wildman–Crippen MR) is 66.8 cm³/mol. The summed E-state index contributed by atoms with van der Waals surface area (Å²) in [6.07, 6.45) is 1.71. The highest BCUT2D eigenvalue weighted by Gasteiger charge is 2.17. The summed E-state index contributed by atoms with van der Waals surface area (Å²) in [5.74, 6) is -1.56. The molecule has 0 radical (unpaired) electrons. The molecule has 0 spiro atoms. The third-order valence-corrected chi connectivity index (χ3v) is 2.92. The summed E-state index contributed by atoms with van der Waals surface area (Å²) in [5, 5.41) is 0. The molecule has 0 aliphatic rings. The Balaban J connectivity index is 2.63. The van der Waals surface area contributed by atoms with Crippen molar-refractivity contribution in [2.75, 3.05) is 0 Å². The van der Waals surface area contributed by atoms with Crippen LogP contribution in [0.1, 0.15) is 32.8 Å². The molecule has 0 nitrogen and oxygen atoms in total. The first-order valence-electron chi connectivity index (χ1n) is 5.36. The minimum Gasteiger partial charge on any atom is -0.204 e. The molecule has 0 amide bonds. The molecule has 90 valence electrons. The van der Waals surface area contributed by atoms with Crippen molar-refractivity contribution in [1.29, 1.82) is 0 Å². The third kappa shape index (κ3) is 4.60. The van der Waals surface area contributed by atoms with Crippen LogP contribution in [0.5, 0.6) is 0 Å². The topological polar surface area (TPSA) is 0 Å². The highest BCUT2D eigenvalue weighted by atomic mass is 79.9. The summed E-state index contributed by atoms with van der Waals surface area (Å²) >= 11 is 3.58. The molecule has 0 aromatic heterocycles. The summed E-state index contributed by atoms with van der Waals surface area (Å²) < 4.78 is 25.7. The van der Waals surface area contributed by atoms with Gasteiger partial charge in [-0.1, -0.05) is 42.8 Å². The monoisotopic (exact) mass is 290 g/mol. The van der Waals surface area contributed by atoms with E-state index in [1.807, 2.05) is 0 Å². The molecule has 0 fully saturated rings. The van der Waals surface area contributed by atoms with Gasteiger partial charge in [-0.25, -0.2) is 8.78 Å². The van der Waals surface area contributed by atoms with Crippen molar-refractivity contribution in [2.45, 2.75) is 38.4 Å². The zero-order valence-corrected chi connectivity index (χ0v) is 11.4. The summed E-state index contributed by atoms with van der Waals surface area (Å²) in [7, 11) is 0. The lowest BCUT2D eigenvalue weighted by Crippen LogP contribution is -2.15. The van der Waals surface area contributed by atoms with E-state index >= 15 is 0 Å². The lowest BCUT2D eigenvalue weighted by atomic mass is 9.89. The molecule has 0 aliphatic heterocycles. The minimum absolute atomic E-state index is 0.229. The van der Waals surface area contributed by atoms with E-state index in [-0.39, 0.29) is 10.2 Å². The number of alkyl halides is 1. The molecule has 0 saturated heterocycles. The zero-order valence-electron chi connectivity index (χ0n) is 9.86. The second-order valence-corrected chi connectivity index (χ2v) is 6.61. The van der Waals surface area contributed by atoms with E-state index in [1.54, 1.807) is 6.07 Å². The molecule has 0 N–H and O–H groups in total. The molecule has 3 heteroatoms. The van der Waals surface area contributed by atoms with Crippen molar-refractivity contribution in [1.82, 2.24) is 0 Å². The van der Waals surface area contributed by atoms with Crippen molar-refractivity contribution in [3.8, 4) is 0 Å². The van der Waals surface area contributed by atoms with Crippen LogP contribution in [0.25, 0.3) is 0 Å². The minimum atomic E-state index is -0.786. The second-order valence-electron chi connectivity index (χ2n) is 5.31. The molecule has 0 saturated carbocycles. The van der Waals surface area contributed by atoms with Gasteiger partial charge < -0.3 is 0 Å². The van der Waals surface area contributed by atoms with E-state index in [9.17, 15) is 8.78 Å². The SMILES string of the molecule is CC(C)(C)CC(Br)Cc1ccc(F)c(F)c1. The van der Waals surface area contributed by atoms with Crippen molar-refractivity contribution in [3.63, 3.8) is 0 Å². The van der Waals surface area contributed by atoms with Crippen molar-refractivity contribution in [2.24, 2.45) is 5.41 Å². The summed E-state index contributed by atoms with van der Waals surface area (Å²) in [6, 6.07) is 4.09. The van der Waals surface area contributed by atoms with Gasteiger partial charge in [0.1, 0.15) is 0 Å². The lowest BCUT2D eigenvalue weighted by Gasteiger charge is -2.22. The van der Waals surface area contributed by atoms with Crippen molar-refractivity contribution in [3.05, 3.63) is 35.4 Å². The molecule has 0 heterocycles. The molecule has 1 unspecified atom stereocenters. The predicted octanol–water partition coefficient (Wildman–Crippen LogP) is 4.71. The van der Waals surface area contributed by atoms with E-state index in [4.69, 9.17) is 0 Å². The van der Waals surface area contributed by atoms with E-state index in [0.717, 1.165) is 12.0 Å². The number of benzene rings is 1. The first-order valence-corrected chi connectivity index (χ1v) is 6.27. The van der Waals surface area contributed by atoms with Gasteiger partial charge in [-0.2, -0.15) is 0 Å². The molecule has 1 aromatic rings. The second kappa shape index (κ2) is 5.26. The largest absolute Gasteiger partial charge is 0.204 e. The number of hydrogen-bond donors (Lipinski definition) is 0. The first-order chi connectivity index (χ1) is 7.28. The number of rotatable bonds is 3. The average molecular weight is 291 g/mol. The molecular weight excluding hydrogens is 274 g/mol. The van der Waals surface area contributed by atoms with Gasteiger partial charge in [0.05, 0.1) is 0 Å². The molecule has 1 rings (SSSR count). The van der Waals surface area contributed by atoms with Crippen LogP contribution in [-0.4, -0.2) is 4.83 Å². The maximum absolute atomic E-state index is 13.0. The highest BCUT2D eigenvalue weighted by Crippen LogP contribution is 2.27. The molecule has 0 aliphatic carbocycles. The van der Waals surface area contributed by atoms with Crippen LogP contribution in [-0.2, 0) is 6.42 Å². The van der Waals surface area contributed by atoms with Gasteiger partial charge in [-0.05, 0) is 36.0 Å². The summed E-state index contributed by atoms with van der Waals surface area (Å²) in [5.41, 5.74) is 1.05. The van der Waals surface area contributed by atoms with E-state index in [2.05, 4.69) is 36.7 Å². The average Bonchev–Trinajstić information content (AvgIpc) is 2.08. The fourth-order valence-electron chi connectivity index (χ4n) is 1.66. The maximum Gasteiger partial charge on any atom is 0.159 e. The Hall–Kier alpha value is -0.440. The Morgan fingerprint density at radius 1 is 1.19 bits per heavy atom. The Labute approximate surface area is 104 Å². The standard InChI is InChI=1S/C13H17BrF2/c1-13(2,3)8-10(14)6-9-4-5-11(15)12(16)7-9/h4-5,7,10H,6,8H2,1-3H3. The van der Waals surface area contributed by atoms with Crippen LogP contribution in [0.3, 0.4) is 0 Å². The van der Waals surface area contributed by atoms with Crippen LogP contribution in [0.2, 0.25) is 0 Å². The van der Waals surface area contributed by atoms with Crippen molar-refractivity contribution >= 4 is 15.9 Å². The Morgan fingerprint density at radius 3 is 2.31 bits per heavy atom. The first kappa shape index (κ1) is 13.6. The van der Waals surface area contributed by atoms with Crippen LogP contribution >= 0.6 is 15.9 Å². The lowest BCUT2D eigenvalue weighted by molar-refractivity contribution is 0.373. The number of hydrogen-bond acceptors (Lipinski definition) is 0. The molecule has 0 bridgehead atoms. The zero-order chi connectivity index (χ0) is 12.3. The quantitative estimate of drug-likeness (QED) is 0.708.